The Labute approximate surface area is 168 Å². The van der Waals surface area contributed by atoms with Crippen LogP contribution in [0.2, 0.25) is 0 Å². The zero-order chi connectivity index (χ0) is 20.9. The Balaban J connectivity index is 2.19. The molecule has 152 valence electrons. The molecule has 0 unspecified atom stereocenters. The van der Waals surface area contributed by atoms with E-state index in [0.29, 0.717) is 5.56 Å². The Morgan fingerprint density at radius 3 is 2.04 bits per heavy atom. The number of likely N-dealkylation sites (N-methyl/N-ethyl adjacent to an activating group) is 1. The van der Waals surface area contributed by atoms with Crippen LogP contribution in [0.4, 0.5) is 0 Å². The van der Waals surface area contributed by atoms with E-state index in [1.54, 1.807) is 24.3 Å². The summed E-state index contributed by atoms with van der Waals surface area (Å²) in [4.78, 5) is 13.0. The van der Waals surface area contributed by atoms with E-state index in [4.69, 9.17) is 0 Å². The van der Waals surface area contributed by atoms with Crippen LogP contribution in [0.3, 0.4) is 0 Å². The molecule has 0 saturated heterocycles. The number of carbonyl (C=O) groups excluding carboxylic acids is 1. The Hall–Kier alpha value is -2.18. The molecule has 6 heteroatoms. The first-order chi connectivity index (χ1) is 13.0. The number of carbonyl (C=O) groups is 1. The zero-order valence-electron chi connectivity index (χ0n) is 17.2. The summed E-state index contributed by atoms with van der Waals surface area (Å²) in [6.07, 6.45) is 1.84. The molecule has 28 heavy (non-hydrogen) atoms. The maximum absolute atomic E-state index is 13.0. The van der Waals surface area contributed by atoms with Gasteiger partial charge in [0.2, 0.25) is 15.9 Å². The minimum absolute atomic E-state index is 0.123. The van der Waals surface area contributed by atoms with Gasteiger partial charge >= 0.3 is 0 Å². The van der Waals surface area contributed by atoms with Crippen LogP contribution < -0.4 is 5.32 Å². The van der Waals surface area contributed by atoms with E-state index in [0.717, 1.165) is 17.0 Å². The molecule has 1 amide bonds. The number of hydrogen-bond acceptors (Lipinski definition) is 3. The fourth-order valence-corrected chi connectivity index (χ4v) is 4.10. The van der Waals surface area contributed by atoms with Crippen molar-refractivity contribution in [3.63, 3.8) is 0 Å². The number of benzene rings is 2. The van der Waals surface area contributed by atoms with Crippen molar-refractivity contribution >= 4 is 15.9 Å². The van der Waals surface area contributed by atoms with Crippen molar-refractivity contribution in [3.8, 4) is 0 Å². The average Bonchev–Trinajstić information content (AvgIpc) is 2.62. The van der Waals surface area contributed by atoms with Crippen molar-refractivity contribution in [3.05, 3.63) is 71.8 Å². The fourth-order valence-electron chi connectivity index (χ4n) is 3.50. The largest absolute Gasteiger partial charge is 0.352 e. The Morgan fingerprint density at radius 1 is 1.04 bits per heavy atom. The van der Waals surface area contributed by atoms with Gasteiger partial charge in [0, 0.05) is 13.1 Å². The molecule has 1 N–H and O–H groups in total. The van der Waals surface area contributed by atoms with Crippen molar-refractivity contribution in [2.75, 3.05) is 13.3 Å². The molecule has 0 aliphatic rings. The van der Waals surface area contributed by atoms with Crippen LogP contribution in [-0.4, -0.2) is 38.0 Å². The standard InChI is InChI=1S/C22H30N2O3S/c1-17(16-22(2,3)19-14-10-7-11-15-19)23-21(25)20(24(4)28(5,26)27)18-12-8-6-9-13-18/h6-15,17,20H,16H2,1-5H3,(H,23,25)/t17-,20+/m1/s1. The van der Waals surface area contributed by atoms with Crippen molar-refractivity contribution in [2.45, 2.75) is 44.7 Å². The molecule has 0 fully saturated rings. The molecule has 0 spiro atoms. The molecule has 2 atom stereocenters. The normalized spacial score (nSPS) is 14.5. The second kappa shape index (κ2) is 8.88. The van der Waals surface area contributed by atoms with Gasteiger partial charge in [-0.25, -0.2) is 8.42 Å². The van der Waals surface area contributed by atoms with Gasteiger partial charge in [-0.1, -0.05) is 74.5 Å². The molecule has 2 rings (SSSR count). The quantitative estimate of drug-likeness (QED) is 0.735. The smallest absolute Gasteiger partial charge is 0.243 e. The van der Waals surface area contributed by atoms with Gasteiger partial charge in [0.1, 0.15) is 6.04 Å². The third kappa shape index (κ3) is 5.66. The predicted octanol–water partition coefficient (Wildman–Crippen LogP) is 3.49. The summed E-state index contributed by atoms with van der Waals surface area (Å²) >= 11 is 0. The summed E-state index contributed by atoms with van der Waals surface area (Å²) in [5.74, 6) is -0.324. The second-order valence-corrected chi connectivity index (χ2v) is 10.00. The van der Waals surface area contributed by atoms with Crippen LogP contribution in [0, 0.1) is 0 Å². The highest BCUT2D eigenvalue weighted by atomic mass is 32.2. The van der Waals surface area contributed by atoms with Crippen molar-refractivity contribution < 1.29 is 13.2 Å². The molecule has 0 aliphatic heterocycles. The van der Waals surface area contributed by atoms with Gasteiger partial charge in [-0.3, -0.25) is 4.79 Å². The van der Waals surface area contributed by atoms with Crippen molar-refractivity contribution in [1.29, 1.82) is 0 Å². The van der Waals surface area contributed by atoms with E-state index in [2.05, 4.69) is 31.3 Å². The highest BCUT2D eigenvalue weighted by molar-refractivity contribution is 7.88. The lowest BCUT2D eigenvalue weighted by molar-refractivity contribution is -0.125. The van der Waals surface area contributed by atoms with Crippen molar-refractivity contribution in [2.24, 2.45) is 0 Å². The van der Waals surface area contributed by atoms with E-state index in [1.807, 2.05) is 31.2 Å². The van der Waals surface area contributed by atoms with E-state index in [9.17, 15) is 13.2 Å². The van der Waals surface area contributed by atoms with Crippen LogP contribution in [0.25, 0.3) is 0 Å². The fraction of sp³-hybridized carbons (Fsp3) is 0.409. The van der Waals surface area contributed by atoms with E-state index >= 15 is 0 Å². The van der Waals surface area contributed by atoms with Gasteiger partial charge in [0.25, 0.3) is 0 Å². The third-order valence-electron chi connectivity index (χ3n) is 5.01. The first-order valence-electron chi connectivity index (χ1n) is 9.36. The summed E-state index contributed by atoms with van der Waals surface area (Å²) in [6.45, 7) is 6.23. The van der Waals surface area contributed by atoms with Crippen LogP contribution in [0.1, 0.15) is 44.4 Å². The highest BCUT2D eigenvalue weighted by Gasteiger charge is 2.32. The number of sulfonamides is 1. The number of hydrogen-bond donors (Lipinski definition) is 1. The topological polar surface area (TPSA) is 66.5 Å². The molecule has 0 radical (unpaired) electrons. The zero-order valence-corrected chi connectivity index (χ0v) is 18.0. The first kappa shape index (κ1) is 22.1. The second-order valence-electron chi connectivity index (χ2n) is 7.96. The molecule has 0 heterocycles. The van der Waals surface area contributed by atoms with Gasteiger partial charge in [-0.15, -0.1) is 0 Å². The number of nitrogens with zero attached hydrogens (tertiary/aromatic N) is 1. The maximum Gasteiger partial charge on any atom is 0.243 e. The maximum atomic E-state index is 13.0. The van der Waals surface area contributed by atoms with E-state index in [-0.39, 0.29) is 17.4 Å². The summed E-state index contributed by atoms with van der Waals surface area (Å²) in [5.41, 5.74) is 1.71. The number of nitrogens with one attached hydrogen (secondary N) is 1. The number of rotatable bonds is 8. The molecule has 0 aromatic heterocycles. The van der Waals surface area contributed by atoms with Gasteiger partial charge < -0.3 is 5.32 Å². The summed E-state index contributed by atoms with van der Waals surface area (Å²) in [7, 11) is -2.10. The first-order valence-corrected chi connectivity index (χ1v) is 11.2. The lowest BCUT2D eigenvalue weighted by atomic mass is 9.79. The molecular weight excluding hydrogens is 372 g/mol. The van der Waals surface area contributed by atoms with E-state index < -0.39 is 16.1 Å². The van der Waals surface area contributed by atoms with Gasteiger partial charge in [0.15, 0.2) is 0 Å². The van der Waals surface area contributed by atoms with E-state index in [1.165, 1.54) is 12.6 Å². The van der Waals surface area contributed by atoms with Crippen LogP contribution in [0.15, 0.2) is 60.7 Å². The Morgan fingerprint density at radius 2 is 1.54 bits per heavy atom. The molecule has 5 nitrogen and oxygen atoms in total. The highest BCUT2D eigenvalue weighted by Crippen LogP contribution is 2.29. The summed E-state index contributed by atoms with van der Waals surface area (Å²) in [5, 5.41) is 3.01. The van der Waals surface area contributed by atoms with Gasteiger partial charge in [-0.2, -0.15) is 4.31 Å². The Kier molecular flexibility index (Phi) is 7.01. The lowest BCUT2D eigenvalue weighted by Crippen LogP contribution is -2.45. The van der Waals surface area contributed by atoms with Crippen LogP contribution in [0.5, 0.6) is 0 Å². The van der Waals surface area contributed by atoms with Crippen LogP contribution >= 0.6 is 0 Å². The van der Waals surface area contributed by atoms with Gasteiger partial charge in [-0.05, 0) is 29.9 Å². The lowest BCUT2D eigenvalue weighted by Gasteiger charge is -2.31. The molecule has 2 aromatic carbocycles. The SMILES string of the molecule is C[C@H](CC(C)(C)c1ccccc1)NC(=O)[C@H](c1ccccc1)N(C)S(C)(=O)=O. The third-order valence-corrected chi connectivity index (χ3v) is 6.27. The number of amides is 1. The predicted molar refractivity (Wildman–Crippen MR) is 113 cm³/mol. The molecule has 0 aliphatic carbocycles. The minimum Gasteiger partial charge on any atom is -0.352 e. The van der Waals surface area contributed by atoms with Crippen LogP contribution in [-0.2, 0) is 20.2 Å². The Bertz CT molecular complexity index is 881. The minimum atomic E-state index is -3.54. The van der Waals surface area contributed by atoms with Gasteiger partial charge in [0.05, 0.1) is 6.26 Å². The summed E-state index contributed by atoms with van der Waals surface area (Å²) in [6, 6.07) is 18.1. The van der Waals surface area contributed by atoms with Crippen molar-refractivity contribution in [1.82, 2.24) is 9.62 Å². The molecule has 0 bridgehead atoms. The summed E-state index contributed by atoms with van der Waals surface area (Å²) < 4.78 is 25.3. The average molecular weight is 403 g/mol. The monoisotopic (exact) mass is 402 g/mol. The molecular formula is C22H30N2O3S. The molecule has 2 aromatic rings. The molecule has 0 saturated carbocycles.